The molecule has 1 aromatic heterocycles. The van der Waals surface area contributed by atoms with Crippen LogP contribution in [0.5, 0.6) is 0 Å². The zero-order valence-electron chi connectivity index (χ0n) is 25.8. The van der Waals surface area contributed by atoms with Gasteiger partial charge in [-0.15, -0.1) is 5.10 Å². The summed E-state index contributed by atoms with van der Waals surface area (Å²) in [6.07, 6.45) is 9.12. The van der Waals surface area contributed by atoms with E-state index in [1.54, 1.807) is 17.8 Å². The molecule has 0 aromatic carbocycles. The molecule has 1 rings (SSSR count). The molecule has 12 heteroatoms. The van der Waals surface area contributed by atoms with E-state index >= 15 is 0 Å². The van der Waals surface area contributed by atoms with Gasteiger partial charge in [-0.3, -0.25) is 4.79 Å². The molecule has 1 N–H and O–H groups in total. The largest absolute Gasteiger partial charge is 1.00 e. The third-order valence-corrected chi connectivity index (χ3v) is 5.37. The summed E-state index contributed by atoms with van der Waals surface area (Å²) in [6.45, 7) is 20.9. The SMILES string of the molecule is [CH2-]C.[CH2-]CCCCCCNC(=O)C(Cc1cn(CCOC(C)(C)CCOC(C)(C)C)nn1)N([C-]=O)C=O.[K+].[K+]. The van der Waals surface area contributed by atoms with E-state index in [9.17, 15) is 14.4 Å². The van der Waals surface area contributed by atoms with Crippen LogP contribution in [0.15, 0.2) is 6.20 Å². The third-order valence-electron chi connectivity index (χ3n) is 5.37. The van der Waals surface area contributed by atoms with Crippen molar-refractivity contribution in [1.29, 1.82) is 0 Å². The van der Waals surface area contributed by atoms with E-state index < -0.39 is 11.9 Å². The van der Waals surface area contributed by atoms with E-state index in [1.807, 2.05) is 34.6 Å². The number of nitrogens with one attached hydrogen (secondary N) is 1. The van der Waals surface area contributed by atoms with Crippen LogP contribution in [0.25, 0.3) is 0 Å². The van der Waals surface area contributed by atoms with Gasteiger partial charge >= 0.3 is 103 Å². The van der Waals surface area contributed by atoms with Gasteiger partial charge < -0.3 is 43.1 Å². The predicted molar refractivity (Wildman–Crippen MR) is 144 cm³/mol. The van der Waals surface area contributed by atoms with Crippen molar-refractivity contribution in [2.75, 3.05) is 19.8 Å². The molecule has 0 saturated heterocycles. The van der Waals surface area contributed by atoms with Crippen molar-refractivity contribution < 1.29 is 127 Å². The molecular formula is C27H48K2N5O5-. The smallest absolute Gasteiger partial charge is 0.440 e. The molecule has 0 aliphatic heterocycles. The number of aromatic nitrogens is 3. The molecular weight excluding hydrogens is 553 g/mol. The number of hydrogen-bond donors (Lipinski definition) is 1. The first-order chi connectivity index (χ1) is 17.5. The minimum absolute atomic E-state index is 0. The van der Waals surface area contributed by atoms with Crippen molar-refractivity contribution in [3.8, 4) is 0 Å². The maximum atomic E-state index is 12.6. The maximum absolute atomic E-state index is 12.6. The summed E-state index contributed by atoms with van der Waals surface area (Å²) < 4.78 is 13.4. The van der Waals surface area contributed by atoms with Crippen LogP contribution in [-0.2, 0) is 36.8 Å². The van der Waals surface area contributed by atoms with Gasteiger partial charge in [0.25, 0.3) is 0 Å². The maximum Gasteiger partial charge on any atom is 1.00 e. The van der Waals surface area contributed by atoms with Crippen molar-refractivity contribution in [2.45, 2.75) is 110 Å². The number of carbonyl (C=O) groups is 2. The summed E-state index contributed by atoms with van der Waals surface area (Å²) >= 11 is 0. The Labute approximate surface area is 321 Å². The van der Waals surface area contributed by atoms with Gasteiger partial charge in [0.15, 0.2) is 0 Å². The van der Waals surface area contributed by atoms with E-state index in [0.717, 1.165) is 38.5 Å². The second-order valence-electron chi connectivity index (χ2n) is 10.2. The minimum atomic E-state index is -1.03. The van der Waals surface area contributed by atoms with E-state index in [1.165, 1.54) is 6.41 Å². The Morgan fingerprint density at radius 2 is 1.77 bits per heavy atom. The monoisotopic (exact) mass is 600 g/mol. The molecule has 1 heterocycles. The molecule has 1 atom stereocenters. The van der Waals surface area contributed by atoms with Gasteiger partial charge in [0.2, 0.25) is 5.91 Å². The Hall–Kier alpha value is 0.943. The summed E-state index contributed by atoms with van der Waals surface area (Å²) in [5.41, 5.74) is -0.0500. The molecule has 0 aliphatic carbocycles. The van der Waals surface area contributed by atoms with Crippen LogP contribution in [-0.4, -0.2) is 75.6 Å². The van der Waals surface area contributed by atoms with Crippen molar-refractivity contribution >= 4 is 18.7 Å². The quantitative estimate of drug-likeness (QED) is 0.0612. The molecule has 3 amide bonds. The molecule has 10 nitrogen and oxygen atoms in total. The van der Waals surface area contributed by atoms with Crippen LogP contribution in [0.4, 0.5) is 0 Å². The number of imide groups is 1. The fourth-order valence-corrected chi connectivity index (χ4v) is 3.29. The summed E-state index contributed by atoms with van der Waals surface area (Å²) in [5.74, 6) is -0.422. The molecule has 0 radical (unpaired) electrons. The number of amides is 3. The zero-order chi connectivity index (χ0) is 28.3. The Morgan fingerprint density at radius 1 is 1.13 bits per heavy atom. The summed E-state index contributed by atoms with van der Waals surface area (Å²) in [6, 6.07) is -1.03. The molecule has 0 spiro atoms. The molecule has 1 aromatic rings. The van der Waals surface area contributed by atoms with Crippen LogP contribution in [0.1, 0.15) is 85.8 Å². The Morgan fingerprint density at radius 3 is 2.33 bits per heavy atom. The van der Waals surface area contributed by atoms with Gasteiger partial charge in [0, 0.05) is 25.8 Å². The van der Waals surface area contributed by atoms with Gasteiger partial charge in [0.1, 0.15) is 0 Å². The zero-order valence-corrected chi connectivity index (χ0v) is 32.0. The van der Waals surface area contributed by atoms with Gasteiger partial charge in [-0.05, 0) is 47.5 Å². The number of rotatable bonds is 19. The van der Waals surface area contributed by atoms with Gasteiger partial charge in [-0.2, -0.15) is 13.3 Å². The van der Waals surface area contributed by atoms with Gasteiger partial charge in [-0.25, -0.2) is 4.68 Å². The van der Waals surface area contributed by atoms with E-state index in [2.05, 4.69) is 29.5 Å². The van der Waals surface area contributed by atoms with Crippen LogP contribution < -0.4 is 108 Å². The fraction of sp³-hybridized carbons (Fsp3) is 0.741. The van der Waals surface area contributed by atoms with Crippen molar-refractivity contribution in [3.63, 3.8) is 0 Å². The second-order valence-corrected chi connectivity index (χ2v) is 10.2. The van der Waals surface area contributed by atoms with Gasteiger partial charge in [0.05, 0.1) is 48.9 Å². The van der Waals surface area contributed by atoms with Crippen LogP contribution in [0, 0.1) is 13.8 Å². The first kappa shape index (κ1) is 44.4. The first-order valence-corrected chi connectivity index (χ1v) is 13.1. The number of unbranched alkanes of at least 4 members (excludes halogenated alkanes) is 4. The Balaban J connectivity index is -0.00000316. The first-order valence-electron chi connectivity index (χ1n) is 13.1. The van der Waals surface area contributed by atoms with Crippen molar-refractivity contribution in [2.24, 2.45) is 0 Å². The summed E-state index contributed by atoms with van der Waals surface area (Å²) in [7, 11) is 0. The minimum Gasteiger partial charge on any atom is -0.440 e. The molecule has 1 unspecified atom stereocenters. The molecule has 0 fully saturated rings. The van der Waals surface area contributed by atoms with Crippen molar-refractivity contribution in [3.05, 3.63) is 25.7 Å². The average Bonchev–Trinajstić information content (AvgIpc) is 3.28. The molecule has 39 heavy (non-hydrogen) atoms. The number of carbonyl (C=O) groups excluding carboxylic acids is 3. The third kappa shape index (κ3) is 22.2. The Bertz CT molecular complexity index is 764. The Kier molecular flexibility index (Phi) is 29.0. The van der Waals surface area contributed by atoms with E-state index in [-0.39, 0.29) is 120 Å². The van der Waals surface area contributed by atoms with Crippen LogP contribution in [0.3, 0.4) is 0 Å². The summed E-state index contributed by atoms with van der Waals surface area (Å²) in [4.78, 5) is 35.9. The second kappa shape index (κ2) is 25.4. The number of nitrogens with zero attached hydrogens (tertiary/aromatic N) is 4. The fourth-order valence-electron chi connectivity index (χ4n) is 3.29. The normalized spacial score (nSPS) is 11.7. The van der Waals surface area contributed by atoms with Gasteiger partial charge in [-0.1, -0.05) is 24.5 Å². The number of hydrogen-bond acceptors (Lipinski definition) is 7. The topological polar surface area (TPSA) is 116 Å². The van der Waals surface area contributed by atoms with E-state index in [4.69, 9.17) is 9.47 Å². The standard InChI is InChI=1S/C25H43N5O5.C2H5.2K/c1-7-8-9-10-11-13-26-23(33)22(29(19-31)20-32)17-21-18-30(28-27-21)14-16-35-25(5,6)12-15-34-24(2,3)4;1-2;;/h18-19,22H,1,7-17H2,2-6H3,(H,26,33);1H2,2H3;;/q-2;-1;2*+1. The predicted octanol–water partition coefficient (Wildman–Crippen LogP) is -2.54. The van der Waals surface area contributed by atoms with Crippen molar-refractivity contribution in [1.82, 2.24) is 25.2 Å². The summed E-state index contributed by atoms with van der Waals surface area (Å²) in [5, 5.41) is 11.0. The molecule has 0 aliphatic rings. The van der Waals surface area contributed by atoms with Crippen LogP contribution in [0.2, 0.25) is 0 Å². The molecule has 0 saturated carbocycles. The number of ether oxygens (including phenoxy) is 2. The molecule has 0 bridgehead atoms. The average molecular weight is 601 g/mol. The molecule has 214 valence electrons. The van der Waals surface area contributed by atoms with E-state index in [0.29, 0.717) is 43.3 Å². The van der Waals surface area contributed by atoms with Crippen LogP contribution >= 0.6 is 0 Å².